The van der Waals surface area contributed by atoms with E-state index in [4.69, 9.17) is 0 Å². The highest BCUT2D eigenvalue weighted by atomic mass is 16.2. The second-order valence-corrected chi connectivity index (χ2v) is 6.25. The van der Waals surface area contributed by atoms with Crippen LogP contribution in [-0.2, 0) is 4.79 Å². The molecule has 3 heteroatoms. The van der Waals surface area contributed by atoms with Gasteiger partial charge in [0.1, 0.15) is 0 Å². The Morgan fingerprint density at radius 3 is 2.19 bits per heavy atom. The van der Waals surface area contributed by atoms with Crippen molar-refractivity contribution in [2.24, 2.45) is 5.92 Å². The molecule has 0 atom stereocenters. The fourth-order valence-electron chi connectivity index (χ4n) is 3.50. The molecular weight excluding hydrogens is 262 g/mol. The van der Waals surface area contributed by atoms with Gasteiger partial charge in [0, 0.05) is 30.1 Å². The molecule has 0 unspecified atom stereocenters. The Morgan fingerprint density at radius 2 is 1.62 bits per heavy atom. The highest BCUT2D eigenvalue weighted by Crippen LogP contribution is 2.27. The number of hydrogen-bond donors (Lipinski definition) is 0. The predicted molar refractivity (Wildman–Crippen MR) is 83.6 cm³/mol. The summed E-state index contributed by atoms with van der Waals surface area (Å²) in [4.78, 5) is 26.1. The summed E-state index contributed by atoms with van der Waals surface area (Å²) in [5.41, 5.74) is 1.73. The van der Waals surface area contributed by atoms with Crippen LogP contribution in [0.4, 0.5) is 5.69 Å². The van der Waals surface area contributed by atoms with Gasteiger partial charge in [0.25, 0.3) is 0 Å². The molecule has 1 saturated heterocycles. The van der Waals surface area contributed by atoms with Crippen molar-refractivity contribution in [2.75, 3.05) is 11.4 Å². The van der Waals surface area contributed by atoms with E-state index in [-0.39, 0.29) is 17.6 Å². The first-order valence-electron chi connectivity index (χ1n) is 8.20. The van der Waals surface area contributed by atoms with Gasteiger partial charge < -0.3 is 4.90 Å². The van der Waals surface area contributed by atoms with Gasteiger partial charge in [0.15, 0.2) is 5.78 Å². The number of nitrogens with zero attached hydrogens (tertiary/aromatic N) is 1. The van der Waals surface area contributed by atoms with E-state index in [0.717, 1.165) is 37.1 Å². The van der Waals surface area contributed by atoms with Crippen molar-refractivity contribution in [3.05, 3.63) is 29.8 Å². The van der Waals surface area contributed by atoms with E-state index < -0.39 is 0 Å². The quantitative estimate of drug-likeness (QED) is 0.622. The number of carbonyl (C=O) groups is 2. The molecule has 3 nitrogen and oxygen atoms in total. The molecule has 112 valence electrons. The van der Waals surface area contributed by atoms with Gasteiger partial charge >= 0.3 is 0 Å². The molecule has 0 N–H and O–H groups in total. The van der Waals surface area contributed by atoms with Crippen LogP contribution in [0.3, 0.4) is 0 Å². The number of ketones is 1. The van der Waals surface area contributed by atoms with Gasteiger partial charge in [-0.1, -0.05) is 25.7 Å². The zero-order chi connectivity index (χ0) is 14.7. The zero-order valence-electron chi connectivity index (χ0n) is 12.5. The lowest BCUT2D eigenvalue weighted by atomic mass is 9.91. The largest absolute Gasteiger partial charge is 0.312 e. The molecule has 2 aliphatic rings. The van der Waals surface area contributed by atoms with Crippen LogP contribution in [-0.4, -0.2) is 18.2 Å². The maximum Gasteiger partial charge on any atom is 0.227 e. The molecule has 1 heterocycles. The molecule has 21 heavy (non-hydrogen) atoms. The van der Waals surface area contributed by atoms with Crippen molar-refractivity contribution < 1.29 is 9.59 Å². The lowest BCUT2D eigenvalue weighted by Gasteiger charge is -2.17. The van der Waals surface area contributed by atoms with Gasteiger partial charge in [-0.3, -0.25) is 9.59 Å². The Balaban J connectivity index is 1.71. The fourth-order valence-corrected chi connectivity index (χ4v) is 3.50. The van der Waals surface area contributed by atoms with E-state index in [2.05, 4.69) is 0 Å². The Kier molecular flexibility index (Phi) is 4.37. The third-order valence-electron chi connectivity index (χ3n) is 4.76. The van der Waals surface area contributed by atoms with E-state index in [1.807, 2.05) is 29.2 Å². The Morgan fingerprint density at radius 1 is 0.952 bits per heavy atom. The second-order valence-electron chi connectivity index (χ2n) is 6.25. The summed E-state index contributed by atoms with van der Waals surface area (Å²) in [6.07, 6.45) is 8.52. The van der Waals surface area contributed by atoms with Crippen molar-refractivity contribution >= 4 is 17.4 Å². The smallest absolute Gasteiger partial charge is 0.227 e. The van der Waals surface area contributed by atoms with Crippen LogP contribution in [0.25, 0.3) is 0 Å². The summed E-state index contributed by atoms with van der Waals surface area (Å²) in [7, 11) is 0. The maximum absolute atomic E-state index is 12.6. The number of benzene rings is 1. The van der Waals surface area contributed by atoms with Gasteiger partial charge in [-0.15, -0.1) is 0 Å². The molecule has 1 amide bonds. The summed E-state index contributed by atoms with van der Waals surface area (Å²) >= 11 is 0. The van der Waals surface area contributed by atoms with Crippen molar-refractivity contribution in [3.8, 4) is 0 Å². The average Bonchev–Trinajstić information content (AvgIpc) is 2.78. The lowest BCUT2D eigenvalue weighted by molar-refractivity contribution is -0.117. The number of Topliss-reactive ketones (excluding diaryl/α,β-unsaturated/α-hetero) is 1. The predicted octanol–water partition coefficient (Wildman–Crippen LogP) is 3.97. The first kappa shape index (κ1) is 14.3. The van der Waals surface area contributed by atoms with Crippen LogP contribution in [0.1, 0.15) is 61.7 Å². The van der Waals surface area contributed by atoms with Gasteiger partial charge in [0.2, 0.25) is 5.91 Å². The summed E-state index contributed by atoms with van der Waals surface area (Å²) in [5, 5.41) is 0. The minimum absolute atomic E-state index is 0.192. The van der Waals surface area contributed by atoms with Crippen molar-refractivity contribution in [1.29, 1.82) is 0 Å². The van der Waals surface area contributed by atoms with Crippen molar-refractivity contribution in [3.63, 3.8) is 0 Å². The topological polar surface area (TPSA) is 37.4 Å². The number of carbonyl (C=O) groups excluding carboxylic acids is 2. The van der Waals surface area contributed by atoms with Gasteiger partial charge in [0.05, 0.1) is 0 Å². The van der Waals surface area contributed by atoms with Crippen LogP contribution in [0.2, 0.25) is 0 Å². The molecule has 0 bridgehead atoms. The molecule has 3 rings (SSSR count). The average molecular weight is 285 g/mol. The summed E-state index contributed by atoms with van der Waals surface area (Å²) in [6.45, 7) is 0.800. The van der Waals surface area contributed by atoms with Crippen LogP contribution in [0, 0.1) is 5.92 Å². The van der Waals surface area contributed by atoms with Gasteiger partial charge in [-0.2, -0.15) is 0 Å². The highest BCUT2D eigenvalue weighted by molar-refractivity contribution is 5.99. The monoisotopic (exact) mass is 285 g/mol. The molecule has 1 aliphatic carbocycles. The number of rotatable bonds is 3. The minimum Gasteiger partial charge on any atom is -0.312 e. The molecule has 2 fully saturated rings. The third-order valence-corrected chi connectivity index (χ3v) is 4.76. The molecule has 0 aromatic heterocycles. The van der Waals surface area contributed by atoms with Crippen molar-refractivity contribution in [1.82, 2.24) is 0 Å². The Bertz CT molecular complexity index is 513. The third kappa shape index (κ3) is 3.17. The van der Waals surface area contributed by atoms with Crippen LogP contribution < -0.4 is 4.90 Å². The molecule has 1 aliphatic heterocycles. The first-order chi connectivity index (χ1) is 10.3. The number of hydrogen-bond acceptors (Lipinski definition) is 2. The minimum atomic E-state index is 0.192. The highest BCUT2D eigenvalue weighted by Gasteiger charge is 2.23. The maximum atomic E-state index is 12.6. The molecule has 1 saturated carbocycles. The molecule has 1 aromatic carbocycles. The lowest BCUT2D eigenvalue weighted by Crippen LogP contribution is -2.23. The van der Waals surface area contributed by atoms with E-state index >= 15 is 0 Å². The van der Waals surface area contributed by atoms with E-state index in [1.54, 1.807) is 0 Å². The fraction of sp³-hybridized carbons (Fsp3) is 0.556. The van der Waals surface area contributed by atoms with Crippen molar-refractivity contribution in [2.45, 2.75) is 51.4 Å². The summed E-state index contributed by atoms with van der Waals surface area (Å²) in [6, 6.07) is 7.64. The number of amides is 1. The molecule has 1 aromatic rings. The van der Waals surface area contributed by atoms with Gasteiger partial charge in [-0.05, 0) is 43.5 Å². The van der Waals surface area contributed by atoms with Crippen LogP contribution in [0.15, 0.2) is 24.3 Å². The number of anilines is 1. The first-order valence-corrected chi connectivity index (χ1v) is 8.20. The van der Waals surface area contributed by atoms with Gasteiger partial charge in [-0.25, -0.2) is 0 Å². The molecule has 0 spiro atoms. The Labute approximate surface area is 126 Å². The standard InChI is InChI=1S/C18H23NO2/c20-17-8-5-13-19(17)16-11-9-15(10-12-16)18(21)14-6-3-1-2-4-7-14/h9-12,14H,1-8,13H2. The molecular formula is C18H23NO2. The Hall–Kier alpha value is -1.64. The van der Waals surface area contributed by atoms with E-state index in [1.165, 1.54) is 25.7 Å². The molecule has 0 radical (unpaired) electrons. The zero-order valence-corrected chi connectivity index (χ0v) is 12.5. The van der Waals surface area contributed by atoms with E-state index in [0.29, 0.717) is 6.42 Å². The summed E-state index contributed by atoms with van der Waals surface area (Å²) < 4.78 is 0. The van der Waals surface area contributed by atoms with Crippen LogP contribution in [0.5, 0.6) is 0 Å². The normalized spacial score (nSPS) is 20.6. The SMILES string of the molecule is O=C(c1ccc(N2CCCC2=O)cc1)C1CCCCCC1. The van der Waals surface area contributed by atoms with E-state index in [9.17, 15) is 9.59 Å². The summed E-state index contributed by atoms with van der Waals surface area (Å²) in [5.74, 6) is 0.681. The van der Waals surface area contributed by atoms with Crippen LogP contribution >= 0.6 is 0 Å². The second kappa shape index (κ2) is 6.42.